The molecule has 2 heterocycles. The van der Waals surface area contributed by atoms with Gasteiger partial charge in [0.2, 0.25) is 15.9 Å². The molecule has 0 atom stereocenters. The highest BCUT2D eigenvalue weighted by atomic mass is 32.2. The molecular weight excluding hydrogens is 349 g/mol. The van der Waals surface area contributed by atoms with Crippen LogP contribution in [0.25, 0.3) is 0 Å². The second-order valence-electron chi connectivity index (χ2n) is 6.36. The van der Waals surface area contributed by atoms with E-state index in [1.807, 2.05) is 0 Å². The molecule has 2 saturated heterocycles. The Morgan fingerprint density at radius 2 is 1.71 bits per heavy atom. The summed E-state index contributed by atoms with van der Waals surface area (Å²) in [4.78, 5) is 13.6. The fourth-order valence-electron chi connectivity index (χ4n) is 3.25. The maximum absolute atomic E-state index is 12.9. The van der Waals surface area contributed by atoms with E-state index in [1.54, 1.807) is 0 Å². The number of sulfonamides is 1. The highest BCUT2D eigenvalue weighted by Gasteiger charge is 2.40. The molecule has 0 bridgehead atoms. The standard InChI is InChI=1S/C14H23F3N2O4S/c1-24(21,22)18-6-2-11(3-7-18)13(20)19(10-14(15,16)17)12-4-8-23-9-5-12/h11-12H,2-10H2,1H3. The molecule has 0 radical (unpaired) electrons. The third kappa shape index (κ3) is 5.32. The fraction of sp³-hybridized carbons (Fsp3) is 0.929. The largest absolute Gasteiger partial charge is 0.406 e. The first kappa shape index (κ1) is 19.5. The van der Waals surface area contributed by atoms with E-state index in [9.17, 15) is 26.4 Å². The number of nitrogens with zero attached hydrogens (tertiary/aromatic N) is 2. The number of hydrogen-bond acceptors (Lipinski definition) is 4. The van der Waals surface area contributed by atoms with Gasteiger partial charge in [0.05, 0.1) is 6.26 Å². The third-order valence-electron chi connectivity index (χ3n) is 4.54. The number of halogens is 3. The van der Waals surface area contributed by atoms with Crippen LogP contribution in [0.1, 0.15) is 25.7 Å². The summed E-state index contributed by atoms with van der Waals surface area (Å²) in [5.41, 5.74) is 0. The molecule has 1 amide bonds. The Bertz CT molecular complexity index is 539. The van der Waals surface area contributed by atoms with E-state index in [0.717, 1.165) is 11.2 Å². The highest BCUT2D eigenvalue weighted by molar-refractivity contribution is 7.88. The Labute approximate surface area is 140 Å². The van der Waals surface area contributed by atoms with E-state index in [4.69, 9.17) is 4.74 Å². The molecule has 0 aliphatic carbocycles. The molecule has 6 nitrogen and oxygen atoms in total. The Morgan fingerprint density at radius 3 is 2.17 bits per heavy atom. The molecule has 0 aromatic rings. The van der Waals surface area contributed by atoms with Crippen LogP contribution in [0.4, 0.5) is 13.2 Å². The van der Waals surface area contributed by atoms with Crippen LogP contribution in [0.5, 0.6) is 0 Å². The number of alkyl halides is 3. The molecule has 2 rings (SSSR count). The van der Waals surface area contributed by atoms with Gasteiger partial charge in [-0.2, -0.15) is 13.2 Å². The lowest BCUT2D eigenvalue weighted by atomic mass is 9.94. The number of piperidine rings is 1. The van der Waals surface area contributed by atoms with Gasteiger partial charge in [-0.15, -0.1) is 0 Å². The molecule has 0 N–H and O–H groups in total. The zero-order chi connectivity index (χ0) is 18.0. The van der Waals surface area contributed by atoms with Crippen molar-refractivity contribution in [2.75, 3.05) is 39.1 Å². The molecule has 0 spiro atoms. The summed E-state index contributed by atoms with van der Waals surface area (Å²) in [7, 11) is -3.33. The van der Waals surface area contributed by atoms with Crippen molar-refractivity contribution in [2.45, 2.75) is 37.9 Å². The van der Waals surface area contributed by atoms with Crippen LogP contribution in [-0.4, -0.2) is 74.9 Å². The summed E-state index contributed by atoms with van der Waals surface area (Å²) in [5, 5.41) is 0. The van der Waals surface area contributed by atoms with Gasteiger partial charge in [0, 0.05) is 38.3 Å². The van der Waals surface area contributed by atoms with Crippen molar-refractivity contribution in [2.24, 2.45) is 5.92 Å². The number of amides is 1. The minimum Gasteiger partial charge on any atom is -0.381 e. The van der Waals surface area contributed by atoms with E-state index in [0.29, 0.717) is 26.1 Å². The van der Waals surface area contributed by atoms with Crippen molar-refractivity contribution in [1.29, 1.82) is 0 Å². The van der Waals surface area contributed by atoms with Crippen LogP contribution < -0.4 is 0 Å². The van der Waals surface area contributed by atoms with Gasteiger partial charge in [0.1, 0.15) is 6.54 Å². The van der Waals surface area contributed by atoms with Crippen LogP contribution in [-0.2, 0) is 19.6 Å². The van der Waals surface area contributed by atoms with E-state index in [-0.39, 0.29) is 25.9 Å². The minimum atomic E-state index is -4.46. The van der Waals surface area contributed by atoms with Crippen LogP contribution in [0.2, 0.25) is 0 Å². The molecule has 2 aliphatic rings. The summed E-state index contributed by atoms with van der Waals surface area (Å²) in [5.74, 6) is -1.08. The van der Waals surface area contributed by atoms with Crippen molar-refractivity contribution < 1.29 is 31.1 Å². The molecule has 0 aromatic heterocycles. The first-order valence-electron chi connectivity index (χ1n) is 7.98. The summed E-state index contributed by atoms with van der Waals surface area (Å²) in [6.07, 6.45) is -2.07. The summed E-state index contributed by atoms with van der Waals surface area (Å²) in [6, 6.07) is -0.471. The number of carbonyl (C=O) groups is 1. The quantitative estimate of drug-likeness (QED) is 0.744. The maximum atomic E-state index is 12.9. The monoisotopic (exact) mass is 372 g/mol. The SMILES string of the molecule is CS(=O)(=O)N1CCC(C(=O)N(CC(F)(F)F)C2CCOCC2)CC1. The molecule has 0 aromatic carbocycles. The van der Waals surface area contributed by atoms with Crippen LogP contribution >= 0.6 is 0 Å². The minimum absolute atomic E-state index is 0.170. The maximum Gasteiger partial charge on any atom is 0.406 e. The molecule has 0 unspecified atom stereocenters. The molecule has 24 heavy (non-hydrogen) atoms. The van der Waals surface area contributed by atoms with E-state index < -0.39 is 40.6 Å². The molecular formula is C14H23F3N2O4S. The van der Waals surface area contributed by atoms with Crippen molar-refractivity contribution in [1.82, 2.24) is 9.21 Å². The van der Waals surface area contributed by atoms with E-state index >= 15 is 0 Å². The lowest BCUT2D eigenvalue weighted by Gasteiger charge is -2.38. The first-order valence-corrected chi connectivity index (χ1v) is 9.83. The fourth-order valence-corrected chi connectivity index (χ4v) is 4.12. The zero-order valence-electron chi connectivity index (χ0n) is 13.6. The Balaban J connectivity index is 2.04. The summed E-state index contributed by atoms with van der Waals surface area (Å²) in [6.45, 7) is -0.230. The van der Waals surface area contributed by atoms with Gasteiger partial charge in [-0.3, -0.25) is 4.79 Å². The Morgan fingerprint density at radius 1 is 1.17 bits per heavy atom. The van der Waals surface area contributed by atoms with E-state index in [1.165, 1.54) is 4.31 Å². The first-order chi connectivity index (χ1) is 11.1. The number of ether oxygens (including phenoxy) is 1. The summed E-state index contributed by atoms with van der Waals surface area (Å²) >= 11 is 0. The van der Waals surface area contributed by atoms with Crippen LogP contribution in [0.15, 0.2) is 0 Å². The van der Waals surface area contributed by atoms with Gasteiger partial charge in [-0.05, 0) is 25.7 Å². The van der Waals surface area contributed by atoms with Gasteiger partial charge in [-0.1, -0.05) is 0 Å². The molecule has 2 aliphatic heterocycles. The van der Waals surface area contributed by atoms with Gasteiger partial charge >= 0.3 is 6.18 Å². The van der Waals surface area contributed by atoms with E-state index in [2.05, 4.69) is 0 Å². The second kappa shape index (κ2) is 7.57. The topological polar surface area (TPSA) is 66.9 Å². The molecule has 140 valence electrons. The van der Waals surface area contributed by atoms with Crippen molar-refractivity contribution in [3.8, 4) is 0 Å². The van der Waals surface area contributed by atoms with Crippen LogP contribution in [0.3, 0.4) is 0 Å². The Hall–Kier alpha value is -0.870. The van der Waals surface area contributed by atoms with Crippen molar-refractivity contribution in [3.05, 3.63) is 0 Å². The van der Waals surface area contributed by atoms with Gasteiger partial charge in [0.15, 0.2) is 0 Å². The van der Waals surface area contributed by atoms with Gasteiger partial charge in [-0.25, -0.2) is 12.7 Å². The predicted molar refractivity (Wildman–Crippen MR) is 80.7 cm³/mol. The van der Waals surface area contributed by atoms with Crippen molar-refractivity contribution >= 4 is 15.9 Å². The Kier molecular flexibility index (Phi) is 6.14. The third-order valence-corrected chi connectivity index (χ3v) is 5.84. The highest BCUT2D eigenvalue weighted by Crippen LogP contribution is 2.27. The van der Waals surface area contributed by atoms with Gasteiger partial charge < -0.3 is 9.64 Å². The normalized spacial score (nSPS) is 22.5. The lowest BCUT2D eigenvalue weighted by Crippen LogP contribution is -2.51. The molecule has 2 fully saturated rings. The predicted octanol–water partition coefficient (Wildman–Crippen LogP) is 1.23. The average Bonchev–Trinajstić information content (AvgIpc) is 2.51. The van der Waals surface area contributed by atoms with Crippen molar-refractivity contribution in [3.63, 3.8) is 0 Å². The van der Waals surface area contributed by atoms with Crippen LogP contribution in [0, 0.1) is 5.92 Å². The number of hydrogen-bond donors (Lipinski definition) is 0. The average molecular weight is 372 g/mol. The smallest absolute Gasteiger partial charge is 0.381 e. The number of carbonyl (C=O) groups excluding carboxylic acids is 1. The van der Waals surface area contributed by atoms with Gasteiger partial charge in [0.25, 0.3) is 0 Å². The summed E-state index contributed by atoms with van der Waals surface area (Å²) < 4.78 is 68.1. The molecule has 0 saturated carbocycles. The second-order valence-corrected chi connectivity index (χ2v) is 8.34. The lowest BCUT2D eigenvalue weighted by molar-refractivity contribution is -0.172. The number of rotatable bonds is 4. The zero-order valence-corrected chi connectivity index (χ0v) is 14.4. The molecule has 10 heteroatoms.